The topological polar surface area (TPSA) is 90.1 Å². The van der Waals surface area contributed by atoms with Crippen LogP contribution in [-0.2, 0) is 4.79 Å². The van der Waals surface area contributed by atoms with Gasteiger partial charge in [-0.2, -0.15) is 0 Å². The quantitative estimate of drug-likeness (QED) is 0.900. The van der Waals surface area contributed by atoms with E-state index in [4.69, 9.17) is 10.5 Å². The van der Waals surface area contributed by atoms with Crippen molar-refractivity contribution >= 4 is 17.4 Å². The molecule has 6 nitrogen and oxygen atoms in total. The van der Waals surface area contributed by atoms with Gasteiger partial charge in [-0.1, -0.05) is 0 Å². The van der Waals surface area contributed by atoms with Gasteiger partial charge in [0.15, 0.2) is 0 Å². The van der Waals surface area contributed by atoms with Gasteiger partial charge >= 0.3 is 0 Å². The lowest BCUT2D eigenvalue weighted by atomic mass is 10.3. The van der Waals surface area contributed by atoms with Gasteiger partial charge in [-0.15, -0.1) is 0 Å². The fourth-order valence-electron chi connectivity index (χ4n) is 1.92. The van der Waals surface area contributed by atoms with Gasteiger partial charge in [-0.05, 0) is 31.9 Å². The zero-order valence-corrected chi connectivity index (χ0v) is 11.7. The summed E-state index contributed by atoms with van der Waals surface area (Å²) in [6.07, 6.45) is 5.04. The second-order valence-corrected chi connectivity index (χ2v) is 5.13. The number of aromatic nitrogens is 2. The molecule has 0 saturated heterocycles. The number of carbonyl (C=O) groups excluding carboxylic acids is 1. The summed E-state index contributed by atoms with van der Waals surface area (Å²) in [6, 6.07) is 5.18. The highest BCUT2D eigenvalue weighted by Gasteiger charge is 2.29. The number of nitrogens with zero attached hydrogens (tertiary/aromatic N) is 2. The second kappa shape index (κ2) is 5.40. The molecule has 1 fully saturated rings. The number of pyridine rings is 2. The van der Waals surface area contributed by atoms with Crippen LogP contribution in [-0.4, -0.2) is 15.9 Å². The summed E-state index contributed by atoms with van der Waals surface area (Å²) >= 11 is 0. The van der Waals surface area contributed by atoms with Crippen molar-refractivity contribution in [1.29, 1.82) is 0 Å². The van der Waals surface area contributed by atoms with E-state index in [0.717, 1.165) is 18.4 Å². The van der Waals surface area contributed by atoms with Gasteiger partial charge in [0.25, 0.3) is 0 Å². The summed E-state index contributed by atoms with van der Waals surface area (Å²) in [5.74, 6) is 1.68. The number of anilines is 2. The van der Waals surface area contributed by atoms with E-state index in [1.807, 2.05) is 6.92 Å². The minimum atomic E-state index is 0.0152. The molecule has 2 heterocycles. The first kappa shape index (κ1) is 13.4. The normalized spacial score (nSPS) is 13.8. The lowest BCUT2D eigenvalue weighted by Crippen LogP contribution is -2.14. The van der Waals surface area contributed by atoms with Crippen LogP contribution in [0.1, 0.15) is 18.4 Å². The molecule has 0 aromatic carbocycles. The Hall–Kier alpha value is -2.63. The smallest absolute Gasteiger partial charge is 0.228 e. The van der Waals surface area contributed by atoms with E-state index in [1.54, 1.807) is 30.6 Å². The maximum absolute atomic E-state index is 11.7. The molecule has 21 heavy (non-hydrogen) atoms. The minimum Gasteiger partial charge on any atom is -0.439 e. The molecule has 1 amide bonds. The van der Waals surface area contributed by atoms with Crippen molar-refractivity contribution in [2.75, 3.05) is 11.1 Å². The standard InChI is InChI=1S/C15H16N4O2/c1-9-6-11(16)8-18-15(9)21-12-4-5-17-13(7-12)19-14(20)10-2-3-10/h4-8,10H,2-3,16H2,1H3,(H,17,19,20). The Balaban J connectivity index is 1.74. The molecule has 0 spiro atoms. The SMILES string of the molecule is Cc1cc(N)cnc1Oc1ccnc(NC(=O)C2CC2)c1. The molecule has 1 aliphatic carbocycles. The lowest BCUT2D eigenvalue weighted by molar-refractivity contribution is -0.117. The minimum absolute atomic E-state index is 0.0152. The highest BCUT2D eigenvalue weighted by atomic mass is 16.5. The van der Waals surface area contributed by atoms with E-state index >= 15 is 0 Å². The molecule has 2 aromatic heterocycles. The first-order valence-electron chi connectivity index (χ1n) is 6.79. The molecule has 0 atom stereocenters. The van der Waals surface area contributed by atoms with Crippen LogP contribution >= 0.6 is 0 Å². The molecule has 6 heteroatoms. The van der Waals surface area contributed by atoms with Gasteiger partial charge in [0.1, 0.15) is 11.6 Å². The number of rotatable bonds is 4. The van der Waals surface area contributed by atoms with Gasteiger partial charge in [-0.25, -0.2) is 9.97 Å². The molecule has 0 unspecified atom stereocenters. The van der Waals surface area contributed by atoms with Crippen molar-refractivity contribution in [2.45, 2.75) is 19.8 Å². The van der Waals surface area contributed by atoms with Crippen molar-refractivity contribution in [3.8, 4) is 11.6 Å². The zero-order chi connectivity index (χ0) is 14.8. The van der Waals surface area contributed by atoms with Crippen LogP contribution in [0.5, 0.6) is 11.6 Å². The Kier molecular flexibility index (Phi) is 3.43. The highest BCUT2D eigenvalue weighted by Crippen LogP contribution is 2.30. The van der Waals surface area contributed by atoms with Crippen molar-refractivity contribution in [2.24, 2.45) is 5.92 Å². The summed E-state index contributed by atoms with van der Waals surface area (Å²) in [7, 11) is 0. The predicted octanol–water partition coefficient (Wildman–Crippen LogP) is 2.51. The molecule has 2 aromatic rings. The van der Waals surface area contributed by atoms with Crippen molar-refractivity contribution in [3.63, 3.8) is 0 Å². The van der Waals surface area contributed by atoms with E-state index < -0.39 is 0 Å². The van der Waals surface area contributed by atoms with E-state index in [0.29, 0.717) is 23.1 Å². The molecule has 0 bridgehead atoms. The fraction of sp³-hybridized carbons (Fsp3) is 0.267. The summed E-state index contributed by atoms with van der Waals surface area (Å²) in [5, 5.41) is 2.78. The van der Waals surface area contributed by atoms with Gasteiger partial charge in [0.05, 0.1) is 11.9 Å². The van der Waals surface area contributed by atoms with E-state index in [-0.39, 0.29) is 11.8 Å². The van der Waals surface area contributed by atoms with Crippen molar-refractivity contribution < 1.29 is 9.53 Å². The maximum atomic E-state index is 11.7. The highest BCUT2D eigenvalue weighted by molar-refractivity contribution is 5.93. The van der Waals surface area contributed by atoms with Crippen LogP contribution < -0.4 is 15.8 Å². The summed E-state index contributed by atoms with van der Waals surface area (Å²) in [4.78, 5) is 20.0. The molecular weight excluding hydrogens is 268 g/mol. The van der Waals surface area contributed by atoms with Crippen molar-refractivity contribution in [1.82, 2.24) is 9.97 Å². The summed E-state index contributed by atoms with van der Waals surface area (Å²) in [5.41, 5.74) is 7.09. The van der Waals surface area contributed by atoms with Crippen LogP contribution in [0.15, 0.2) is 30.6 Å². The third kappa shape index (κ3) is 3.28. The number of hydrogen-bond acceptors (Lipinski definition) is 5. The number of hydrogen-bond donors (Lipinski definition) is 2. The Bertz CT molecular complexity index is 683. The molecule has 1 saturated carbocycles. The lowest BCUT2D eigenvalue weighted by Gasteiger charge is -2.09. The fourth-order valence-corrected chi connectivity index (χ4v) is 1.92. The molecule has 3 rings (SSSR count). The predicted molar refractivity (Wildman–Crippen MR) is 79.1 cm³/mol. The number of carbonyl (C=O) groups is 1. The summed E-state index contributed by atoms with van der Waals surface area (Å²) < 4.78 is 5.70. The molecular formula is C15H16N4O2. The second-order valence-electron chi connectivity index (χ2n) is 5.13. The number of nitrogens with one attached hydrogen (secondary N) is 1. The number of amides is 1. The first-order chi connectivity index (χ1) is 10.1. The molecule has 1 aliphatic rings. The van der Waals surface area contributed by atoms with E-state index in [9.17, 15) is 4.79 Å². The maximum Gasteiger partial charge on any atom is 0.228 e. The van der Waals surface area contributed by atoms with Crippen molar-refractivity contribution in [3.05, 3.63) is 36.2 Å². The zero-order valence-electron chi connectivity index (χ0n) is 11.7. The van der Waals surface area contributed by atoms with Gasteiger partial charge < -0.3 is 15.8 Å². The average Bonchev–Trinajstić information content (AvgIpc) is 3.27. The number of aryl methyl sites for hydroxylation is 1. The Morgan fingerprint density at radius 3 is 2.90 bits per heavy atom. The van der Waals surface area contributed by atoms with Gasteiger partial charge in [-0.3, -0.25) is 4.79 Å². The largest absolute Gasteiger partial charge is 0.439 e. The molecule has 3 N–H and O–H groups in total. The van der Waals surface area contributed by atoms with Crippen LogP contribution in [0.4, 0.5) is 11.5 Å². The van der Waals surface area contributed by atoms with Crippen LogP contribution in [0.25, 0.3) is 0 Å². The Morgan fingerprint density at radius 1 is 1.38 bits per heavy atom. The average molecular weight is 284 g/mol. The van der Waals surface area contributed by atoms with E-state index in [1.165, 1.54) is 0 Å². The summed E-state index contributed by atoms with van der Waals surface area (Å²) in [6.45, 7) is 1.87. The Labute approximate surface area is 122 Å². The molecule has 0 radical (unpaired) electrons. The molecule has 108 valence electrons. The third-order valence-corrected chi connectivity index (χ3v) is 3.20. The van der Waals surface area contributed by atoms with Gasteiger partial charge in [0.2, 0.25) is 11.8 Å². The number of nitrogen functional groups attached to an aromatic ring is 1. The number of nitrogens with two attached hydrogens (primary N) is 1. The monoisotopic (exact) mass is 284 g/mol. The van der Waals surface area contributed by atoms with Crippen LogP contribution in [0.3, 0.4) is 0 Å². The molecule has 0 aliphatic heterocycles. The number of ether oxygens (including phenoxy) is 1. The third-order valence-electron chi connectivity index (χ3n) is 3.20. The van der Waals surface area contributed by atoms with Gasteiger partial charge in [0, 0.05) is 23.7 Å². The van der Waals surface area contributed by atoms with E-state index in [2.05, 4.69) is 15.3 Å². The van der Waals surface area contributed by atoms with Crippen LogP contribution in [0, 0.1) is 12.8 Å². The van der Waals surface area contributed by atoms with Crippen LogP contribution in [0.2, 0.25) is 0 Å². The first-order valence-corrected chi connectivity index (χ1v) is 6.79. The Morgan fingerprint density at radius 2 is 2.19 bits per heavy atom.